The first kappa shape index (κ1) is 17.9. The molecule has 0 bridgehead atoms. The first-order chi connectivity index (χ1) is 12.5. The van der Waals surface area contributed by atoms with E-state index in [1.807, 2.05) is 50.2 Å². The largest absolute Gasteiger partial charge is 0.489 e. The highest BCUT2D eigenvalue weighted by Gasteiger charge is 2.36. The molecule has 0 saturated carbocycles. The number of hydrogen-bond acceptors (Lipinski definition) is 4. The Balaban J connectivity index is 1.66. The summed E-state index contributed by atoms with van der Waals surface area (Å²) in [5.74, 6) is 0.108. The molecular formula is C20H23N3O3. The van der Waals surface area contributed by atoms with Gasteiger partial charge in [0, 0.05) is 31.9 Å². The normalized spacial score (nSPS) is 16.8. The zero-order chi connectivity index (χ0) is 18.5. The van der Waals surface area contributed by atoms with Gasteiger partial charge in [-0.15, -0.1) is 0 Å². The third-order valence-electron chi connectivity index (χ3n) is 4.20. The molecule has 3 rings (SSSR count). The minimum atomic E-state index is -0.369. The maximum absolute atomic E-state index is 12.5. The Bertz CT molecular complexity index is 777. The van der Waals surface area contributed by atoms with Crippen molar-refractivity contribution in [2.75, 3.05) is 11.4 Å². The average molecular weight is 353 g/mol. The maximum atomic E-state index is 12.5. The molecule has 26 heavy (non-hydrogen) atoms. The molecule has 1 atom stereocenters. The van der Waals surface area contributed by atoms with E-state index in [4.69, 9.17) is 4.74 Å². The third kappa shape index (κ3) is 4.20. The van der Waals surface area contributed by atoms with Crippen molar-refractivity contribution in [3.8, 4) is 5.75 Å². The van der Waals surface area contributed by atoms with E-state index in [0.717, 1.165) is 5.56 Å². The van der Waals surface area contributed by atoms with Crippen LogP contribution < -0.4 is 15.0 Å². The van der Waals surface area contributed by atoms with E-state index in [1.54, 1.807) is 17.3 Å². The van der Waals surface area contributed by atoms with Crippen LogP contribution in [0.2, 0.25) is 0 Å². The van der Waals surface area contributed by atoms with E-state index in [2.05, 4.69) is 10.3 Å². The summed E-state index contributed by atoms with van der Waals surface area (Å²) in [5.41, 5.74) is 1.64. The number of hydrogen-bond donors (Lipinski definition) is 1. The molecule has 6 nitrogen and oxygen atoms in total. The first-order valence-electron chi connectivity index (χ1n) is 8.77. The van der Waals surface area contributed by atoms with E-state index in [-0.39, 0.29) is 30.3 Å². The number of benzene rings is 1. The van der Waals surface area contributed by atoms with Gasteiger partial charge in [0.2, 0.25) is 11.8 Å². The van der Waals surface area contributed by atoms with Crippen LogP contribution in [0.3, 0.4) is 0 Å². The van der Waals surface area contributed by atoms with Crippen LogP contribution in [0.4, 0.5) is 5.69 Å². The Kier molecular flexibility index (Phi) is 5.51. The molecule has 1 aromatic heterocycles. The van der Waals surface area contributed by atoms with Crippen LogP contribution in [-0.4, -0.2) is 29.4 Å². The lowest BCUT2D eigenvalue weighted by molar-refractivity contribution is -0.126. The van der Waals surface area contributed by atoms with E-state index < -0.39 is 0 Å². The number of rotatable bonds is 6. The van der Waals surface area contributed by atoms with Crippen LogP contribution in [0.1, 0.15) is 25.8 Å². The van der Waals surface area contributed by atoms with Crippen LogP contribution >= 0.6 is 0 Å². The molecule has 1 fully saturated rings. The summed E-state index contributed by atoms with van der Waals surface area (Å²) < 4.78 is 5.81. The molecule has 1 aliphatic heterocycles. The zero-order valence-corrected chi connectivity index (χ0v) is 15.0. The summed E-state index contributed by atoms with van der Waals surface area (Å²) in [6.07, 6.45) is 3.61. The Labute approximate surface area is 153 Å². The molecule has 1 saturated heterocycles. The summed E-state index contributed by atoms with van der Waals surface area (Å²) in [4.78, 5) is 30.6. The van der Waals surface area contributed by atoms with Crippen LogP contribution in [0, 0.1) is 5.92 Å². The monoisotopic (exact) mass is 353 g/mol. The van der Waals surface area contributed by atoms with E-state index >= 15 is 0 Å². The van der Waals surface area contributed by atoms with Gasteiger partial charge in [0.05, 0.1) is 17.7 Å². The lowest BCUT2D eigenvalue weighted by Gasteiger charge is -2.21. The molecule has 6 heteroatoms. The summed E-state index contributed by atoms with van der Waals surface area (Å²) >= 11 is 0. The lowest BCUT2D eigenvalue weighted by Crippen LogP contribution is -2.32. The molecule has 136 valence electrons. The lowest BCUT2D eigenvalue weighted by atomic mass is 10.1. The van der Waals surface area contributed by atoms with Gasteiger partial charge in [-0.3, -0.25) is 14.6 Å². The molecule has 0 spiro atoms. The Morgan fingerprint density at radius 3 is 2.85 bits per heavy atom. The van der Waals surface area contributed by atoms with Crippen molar-refractivity contribution < 1.29 is 14.3 Å². The summed E-state index contributed by atoms with van der Waals surface area (Å²) in [6.45, 7) is 4.65. The molecule has 1 unspecified atom stereocenters. The van der Waals surface area contributed by atoms with Gasteiger partial charge in [-0.25, -0.2) is 0 Å². The summed E-state index contributed by atoms with van der Waals surface area (Å²) in [6, 6.07) is 11.2. The number of carbonyl (C=O) groups excluding carboxylic acids is 2. The zero-order valence-electron chi connectivity index (χ0n) is 15.0. The average Bonchev–Trinajstić information content (AvgIpc) is 3.02. The second-order valence-electron chi connectivity index (χ2n) is 6.62. The number of nitrogens with zero attached hydrogens (tertiary/aromatic N) is 2. The van der Waals surface area contributed by atoms with Gasteiger partial charge in [-0.05, 0) is 37.6 Å². The Morgan fingerprint density at radius 1 is 1.31 bits per heavy atom. The van der Waals surface area contributed by atoms with Crippen LogP contribution in [0.5, 0.6) is 5.75 Å². The Hall–Kier alpha value is -2.89. The number of nitrogens with one attached hydrogen (secondary N) is 1. The number of ether oxygens (including phenoxy) is 1. The fourth-order valence-electron chi connectivity index (χ4n) is 2.99. The van der Waals surface area contributed by atoms with Crippen molar-refractivity contribution in [2.45, 2.75) is 32.9 Å². The van der Waals surface area contributed by atoms with Gasteiger partial charge in [-0.1, -0.05) is 18.2 Å². The van der Waals surface area contributed by atoms with Gasteiger partial charge in [-0.2, -0.15) is 0 Å². The number of aromatic nitrogens is 1. The third-order valence-corrected chi connectivity index (χ3v) is 4.20. The quantitative estimate of drug-likeness (QED) is 0.866. The minimum absolute atomic E-state index is 0.00688. The smallest absolute Gasteiger partial charge is 0.227 e. The molecule has 0 aliphatic carbocycles. The van der Waals surface area contributed by atoms with Crippen LogP contribution in [-0.2, 0) is 16.1 Å². The fraction of sp³-hybridized carbons (Fsp3) is 0.350. The summed E-state index contributed by atoms with van der Waals surface area (Å²) in [5, 5.41) is 2.89. The van der Waals surface area contributed by atoms with Crippen molar-refractivity contribution in [3.63, 3.8) is 0 Å². The van der Waals surface area contributed by atoms with Crippen molar-refractivity contribution in [1.29, 1.82) is 0 Å². The van der Waals surface area contributed by atoms with Crippen molar-refractivity contribution in [3.05, 3.63) is 54.4 Å². The summed E-state index contributed by atoms with van der Waals surface area (Å²) in [7, 11) is 0. The van der Waals surface area contributed by atoms with Gasteiger partial charge < -0.3 is 15.0 Å². The minimum Gasteiger partial charge on any atom is -0.489 e. The first-order valence-corrected chi connectivity index (χ1v) is 8.77. The highest BCUT2D eigenvalue weighted by Crippen LogP contribution is 2.33. The number of pyridine rings is 1. The molecule has 0 radical (unpaired) electrons. The maximum Gasteiger partial charge on any atom is 0.227 e. The number of carbonyl (C=O) groups is 2. The van der Waals surface area contributed by atoms with E-state index in [9.17, 15) is 9.59 Å². The van der Waals surface area contributed by atoms with E-state index in [0.29, 0.717) is 24.5 Å². The fourth-order valence-corrected chi connectivity index (χ4v) is 2.99. The number of amides is 2. The number of para-hydroxylation sites is 2. The second-order valence-corrected chi connectivity index (χ2v) is 6.62. The second kappa shape index (κ2) is 7.99. The van der Waals surface area contributed by atoms with E-state index in [1.165, 1.54) is 0 Å². The van der Waals surface area contributed by atoms with Crippen molar-refractivity contribution in [1.82, 2.24) is 10.3 Å². The van der Waals surface area contributed by atoms with Gasteiger partial charge in [0.15, 0.2) is 0 Å². The highest BCUT2D eigenvalue weighted by molar-refractivity contribution is 6.01. The Morgan fingerprint density at radius 2 is 2.12 bits per heavy atom. The molecule has 1 aliphatic rings. The SMILES string of the molecule is CC(C)Oc1ccccc1N1CC(C(=O)NCc2cccnc2)CC1=O. The molecule has 1 aromatic carbocycles. The number of anilines is 1. The predicted molar refractivity (Wildman–Crippen MR) is 98.7 cm³/mol. The molecule has 1 N–H and O–H groups in total. The predicted octanol–water partition coefficient (Wildman–Crippen LogP) is 2.54. The van der Waals surface area contributed by atoms with Gasteiger partial charge in [0.1, 0.15) is 5.75 Å². The molecular weight excluding hydrogens is 330 g/mol. The van der Waals surface area contributed by atoms with Crippen molar-refractivity contribution >= 4 is 17.5 Å². The van der Waals surface area contributed by atoms with Gasteiger partial charge in [0.25, 0.3) is 0 Å². The van der Waals surface area contributed by atoms with Crippen LogP contribution in [0.25, 0.3) is 0 Å². The molecule has 2 amide bonds. The standard InChI is InChI=1S/C20H23N3O3/c1-14(2)26-18-8-4-3-7-17(18)23-13-16(10-19(23)24)20(25)22-12-15-6-5-9-21-11-15/h3-9,11,14,16H,10,12-13H2,1-2H3,(H,22,25). The highest BCUT2D eigenvalue weighted by atomic mass is 16.5. The topological polar surface area (TPSA) is 71.5 Å². The van der Waals surface area contributed by atoms with Crippen LogP contribution in [0.15, 0.2) is 48.8 Å². The van der Waals surface area contributed by atoms with Gasteiger partial charge >= 0.3 is 0 Å². The molecule has 2 heterocycles. The molecule has 2 aromatic rings. The van der Waals surface area contributed by atoms with Crippen molar-refractivity contribution in [2.24, 2.45) is 5.92 Å².